The lowest BCUT2D eigenvalue weighted by molar-refractivity contribution is -0.144. The van der Waals surface area contributed by atoms with Crippen molar-refractivity contribution in [1.29, 1.82) is 0 Å². The maximum Gasteiger partial charge on any atom is 0.452 e. The molecule has 4 nitrogen and oxygen atoms in total. The lowest BCUT2D eigenvalue weighted by Crippen LogP contribution is -2.46. The van der Waals surface area contributed by atoms with Crippen molar-refractivity contribution >= 4 is 16.7 Å². The molecule has 1 aromatic rings. The first-order chi connectivity index (χ1) is 8.95. The van der Waals surface area contributed by atoms with Gasteiger partial charge in [-0.1, -0.05) is 13.3 Å². The third kappa shape index (κ3) is 3.17. The van der Waals surface area contributed by atoms with Gasteiger partial charge in [-0.05, 0) is 18.8 Å². The fourth-order valence-corrected chi connectivity index (χ4v) is 3.21. The van der Waals surface area contributed by atoms with Crippen molar-refractivity contribution in [2.24, 2.45) is 11.7 Å². The summed E-state index contributed by atoms with van der Waals surface area (Å²) in [4.78, 5) is 5.48. The second-order valence-corrected chi connectivity index (χ2v) is 5.51. The van der Waals surface area contributed by atoms with E-state index >= 15 is 0 Å². The van der Waals surface area contributed by atoms with Gasteiger partial charge in [-0.25, -0.2) is 0 Å². The van der Waals surface area contributed by atoms with Crippen LogP contribution in [-0.2, 0) is 6.18 Å². The largest absolute Gasteiger partial charge is 0.452 e. The van der Waals surface area contributed by atoms with Gasteiger partial charge < -0.3 is 10.6 Å². The summed E-state index contributed by atoms with van der Waals surface area (Å²) in [5.74, 6) is -0.458. The lowest BCUT2D eigenvalue weighted by atomic mass is 9.89. The van der Waals surface area contributed by atoms with Crippen molar-refractivity contribution < 1.29 is 13.2 Å². The zero-order valence-electron chi connectivity index (χ0n) is 10.7. The first kappa shape index (κ1) is 14.5. The summed E-state index contributed by atoms with van der Waals surface area (Å²) in [5, 5.41) is 0.331. The quantitative estimate of drug-likeness (QED) is 0.930. The normalized spacial score (nSPS) is 24.8. The molecule has 0 aliphatic carbocycles. The number of hydrogen-bond donors (Lipinski definition) is 1. The zero-order valence-corrected chi connectivity index (χ0v) is 11.5. The third-order valence-corrected chi connectivity index (χ3v) is 4.34. The topological polar surface area (TPSA) is 55.0 Å². The Kier molecular flexibility index (Phi) is 4.29. The number of rotatable bonds is 3. The average Bonchev–Trinajstić information content (AvgIpc) is 2.87. The van der Waals surface area contributed by atoms with Crippen LogP contribution in [0.25, 0.3) is 0 Å². The average molecular weight is 294 g/mol. The van der Waals surface area contributed by atoms with Crippen LogP contribution in [0, 0.1) is 5.92 Å². The first-order valence-corrected chi connectivity index (χ1v) is 7.10. The van der Waals surface area contributed by atoms with E-state index in [4.69, 9.17) is 5.73 Å². The second-order valence-electron chi connectivity index (χ2n) is 4.78. The van der Waals surface area contributed by atoms with Crippen LogP contribution < -0.4 is 10.6 Å². The van der Waals surface area contributed by atoms with Crippen LogP contribution in [0.5, 0.6) is 0 Å². The summed E-state index contributed by atoms with van der Waals surface area (Å²) in [5.41, 5.74) is 5.73. The smallest absolute Gasteiger partial charge is 0.343 e. The van der Waals surface area contributed by atoms with E-state index in [9.17, 15) is 13.2 Å². The van der Waals surface area contributed by atoms with E-state index < -0.39 is 12.0 Å². The minimum absolute atomic E-state index is 0.0627. The summed E-state index contributed by atoms with van der Waals surface area (Å²) in [7, 11) is 0. The molecule has 19 heavy (non-hydrogen) atoms. The van der Waals surface area contributed by atoms with Crippen molar-refractivity contribution in [3.8, 4) is 0 Å². The van der Waals surface area contributed by atoms with E-state index in [0.29, 0.717) is 24.1 Å². The maximum absolute atomic E-state index is 12.5. The predicted molar refractivity (Wildman–Crippen MR) is 68.1 cm³/mol. The number of anilines is 1. The van der Waals surface area contributed by atoms with Crippen LogP contribution in [0.1, 0.15) is 32.0 Å². The molecule has 108 valence electrons. The van der Waals surface area contributed by atoms with Gasteiger partial charge in [0, 0.05) is 30.7 Å². The van der Waals surface area contributed by atoms with Crippen molar-refractivity contribution in [1.82, 2.24) is 9.36 Å². The summed E-state index contributed by atoms with van der Waals surface area (Å²) >= 11 is 0.800. The van der Waals surface area contributed by atoms with Crippen LogP contribution in [0.4, 0.5) is 18.3 Å². The van der Waals surface area contributed by atoms with Crippen LogP contribution >= 0.6 is 11.5 Å². The van der Waals surface area contributed by atoms with E-state index in [2.05, 4.69) is 16.3 Å². The van der Waals surface area contributed by atoms with E-state index in [-0.39, 0.29) is 6.04 Å². The number of piperidine rings is 1. The number of aromatic nitrogens is 2. The number of alkyl halides is 3. The maximum atomic E-state index is 12.5. The molecular weight excluding hydrogens is 277 g/mol. The highest BCUT2D eigenvalue weighted by Gasteiger charge is 2.37. The highest BCUT2D eigenvalue weighted by atomic mass is 32.1. The molecule has 0 bridgehead atoms. The Hall–Kier alpha value is -0.890. The summed E-state index contributed by atoms with van der Waals surface area (Å²) in [6, 6.07) is 0.0627. The third-order valence-electron chi connectivity index (χ3n) is 3.59. The monoisotopic (exact) mass is 294 g/mol. The molecule has 1 aliphatic heterocycles. The Balaban J connectivity index is 2.14. The molecule has 0 spiro atoms. The number of nitrogens with zero attached hydrogens (tertiary/aromatic N) is 3. The van der Waals surface area contributed by atoms with E-state index in [1.54, 1.807) is 0 Å². The van der Waals surface area contributed by atoms with E-state index in [1.807, 2.05) is 4.90 Å². The minimum atomic E-state index is -4.48. The lowest BCUT2D eigenvalue weighted by Gasteiger charge is -2.38. The molecule has 0 amide bonds. The van der Waals surface area contributed by atoms with E-state index in [0.717, 1.165) is 30.8 Å². The molecule has 2 unspecified atom stereocenters. The summed E-state index contributed by atoms with van der Waals surface area (Å²) < 4.78 is 40.9. The van der Waals surface area contributed by atoms with Gasteiger partial charge >= 0.3 is 6.18 Å². The van der Waals surface area contributed by atoms with Gasteiger partial charge in [-0.3, -0.25) is 0 Å². The van der Waals surface area contributed by atoms with Crippen molar-refractivity contribution in [2.75, 3.05) is 18.0 Å². The van der Waals surface area contributed by atoms with Crippen LogP contribution in [0.15, 0.2) is 0 Å². The Labute approximate surface area is 114 Å². The highest BCUT2D eigenvalue weighted by Crippen LogP contribution is 2.34. The molecule has 1 fully saturated rings. The Morgan fingerprint density at radius 3 is 2.74 bits per heavy atom. The van der Waals surface area contributed by atoms with Crippen LogP contribution in [0.2, 0.25) is 0 Å². The molecule has 0 radical (unpaired) electrons. The van der Waals surface area contributed by atoms with Gasteiger partial charge in [0.25, 0.3) is 0 Å². The highest BCUT2D eigenvalue weighted by molar-refractivity contribution is 7.09. The zero-order chi connectivity index (χ0) is 14.0. The molecule has 8 heteroatoms. The van der Waals surface area contributed by atoms with Gasteiger partial charge in [0.15, 0.2) is 0 Å². The van der Waals surface area contributed by atoms with Crippen molar-refractivity contribution in [3.63, 3.8) is 0 Å². The first-order valence-electron chi connectivity index (χ1n) is 6.33. The Morgan fingerprint density at radius 1 is 1.47 bits per heavy atom. The number of nitrogens with two attached hydrogens (primary N) is 1. The van der Waals surface area contributed by atoms with Gasteiger partial charge in [0.2, 0.25) is 11.0 Å². The summed E-state index contributed by atoms with van der Waals surface area (Å²) in [6.07, 6.45) is -1.52. The van der Waals surface area contributed by atoms with Gasteiger partial charge in [0.05, 0.1) is 0 Å². The molecule has 1 aromatic heterocycles. The van der Waals surface area contributed by atoms with E-state index in [1.165, 1.54) is 0 Å². The molecule has 1 saturated heterocycles. The summed E-state index contributed by atoms with van der Waals surface area (Å²) in [6.45, 7) is 3.25. The van der Waals surface area contributed by atoms with Crippen molar-refractivity contribution in [3.05, 3.63) is 5.82 Å². The SMILES string of the molecule is CCC1CCN(c2nc(C(F)(F)F)ns2)C(CN)C1. The number of halogens is 3. The molecule has 0 saturated carbocycles. The van der Waals surface area contributed by atoms with Crippen molar-refractivity contribution in [2.45, 2.75) is 38.4 Å². The van der Waals surface area contributed by atoms with Gasteiger partial charge in [-0.2, -0.15) is 22.5 Å². The van der Waals surface area contributed by atoms with Crippen LogP contribution in [-0.4, -0.2) is 28.5 Å². The number of hydrogen-bond acceptors (Lipinski definition) is 5. The minimum Gasteiger partial charge on any atom is -0.343 e. The standard InChI is InChI=1S/C11H17F3N4S/c1-2-7-3-4-18(8(5-7)6-15)10-16-9(17-19-10)11(12,13)14/h7-8H,2-6,15H2,1H3. The molecular formula is C11H17F3N4S. The Bertz CT molecular complexity index is 420. The fourth-order valence-electron chi connectivity index (χ4n) is 2.43. The van der Waals surface area contributed by atoms with Gasteiger partial charge in [-0.15, -0.1) is 0 Å². The molecule has 2 atom stereocenters. The molecule has 2 heterocycles. The molecule has 2 rings (SSSR count). The predicted octanol–water partition coefficient (Wildman–Crippen LogP) is 2.51. The van der Waals surface area contributed by atoms with Crippen LogP contribution in [0.3, 0.4) is 0 Å². The Morgan fingerprint density at radius 2 is 2.21 bits per heavy atom. The molecule has 1 aliphatic rings. The second kappa shape index (κ2) is 5.62. The van der Waals surface area contributed by atoms with Gasteiger partial charge in [0.1, 0.15) is 0 Å². The fraction of sp³-hybridized carbons (Fsp3) is 0.818. The molecule has 2 N–H and O–H groups in total. The molecule has 0 aromatic carbocycles.